The minimum absolute atomic E-state index is 0.0627. The normalized spacial score (nSPS) is 11.0. The third-order valence-electron chi connectivity index (χ3n) is 5.05. The fraction of sp³-hybridized carbons (Fsp3) is 0.174. The number of amides is 1. The summed E-state index contributed by atoms with van der Waals surface area (Å²) in [6.07, 6.45) is 1.59. The van der Waals surface area contributed by atoms with Gasteiger partial charge < -0.3 is 15.7 Å². The lowest BCUT2D eigenvalue weighted by molar-refractivity contribution is 0.102. The monoisotopic (exact) mass is 401 g/mol. The first-order valence-corrected chi connectivity index (χ1v) is 9.78. The second kappa shape index (κ2) is 8.86. The second-order valence-corrected chi connectivity index (χ2v) is 6.96. The molecule has 7 heteroatoms. The Balaban J connectivity index is 1.62. The Morgan fingerprint density at radius 2 is 1.90 bits per heavy atom. The predicted molar refractivity (Wildman–Crippen MR) is 116 cm³/mol. The van der Waals surface area contributed by atoms with E-state index in [9.17, 15) is 4.79 Å². The number of fused-ring (bicyclic) bond motifs is 1. The minimum Gasteiger partial charge on any atom is -0.395 e. The summed E-state index contributed by atoms with van der Waals surface area (Å²) < 4.78 is 1.78. The number of benzene rings is 2. The highest BCUT2D eigenvalue weighted by Gasteiger charge is 2.16. The topological polar surface area (TPSA) is 91.5 Å². The molecule has 7 nitrogen and oxygen atoms in total. The van der Waals surface area contributed by atoms with Gasteiger partial charge in [0.05, 0.1) is 12.2 Å². The van der Waals surface area contributed by atoms with Crippen LogP contribution in [0, 0.1) is 6.92 Å². The Morgan fingerprint density at radius 1 is 1.07 bits per heavy atom. The maximum absolute atomic E-state index is 13.1. The summed E-state index contributed by atoms with van der Waals surface area (Å²) >= 11 is 0. The number of aliphatic hydroxyl groups excluding tert-OH is 1. The van der Waals surface area contributed by atoms with Gasteiger partial charge in [-0.1, -0.05) is 42.5 Å². The first-order valence-electron chi connectivity index (χ1n) is 9.78. The van der Waals surface area contributed by atoms with Crippen molar-refractivity contribution in [3.8, 4) is 11.1 Å². The van der Waals surface area contributed by atoms with E-state index in [0.29, 0.717) is 24.3 Å². The summed E-state index contributed by atoms with van der Waals surface area (Å²) in [4.78, 5) is 13.1. The number of aliphatic hydroxyl groups is 1. The average molecular weight is 401 g/mol. The summed E-state index contributed by atoms with van der Waals surface area (Å²) in [7, 11) is 0. The molecule has 4 rings (SSSR count). The lowest BCUT2D eigenvalue weighted by Crippen LogP contribution is -2.20. The van der Waals surface area contributed by atoms with Crippen molar-refractivity contribution < 1.29 is 9.90 Å². The van der Waals surface area contributed by atoms with Crippen molar-refractivity contribution in [3.63, 3.8) is 0 Å². The van der Waals surface area contributed by atoms with Crippen LogP contribution in [0.5, 0.6) is 0 Å². The van der Waals surface area contributed by atoms with Gasteiger partial charge in [0, 0.05) is 24.5 Å². The Morgan fingerprint density at radius 3 is 2.70 bits per heavy atom. The van der Waals surface area contributed by atoms with Crippen LogP contribution >= 0.6 is 0 Å². The van der Waals surface area contributed by atoms with Crippen molar-refractivity contribution in [1.82, 2.24) is 19.9 Å². The zero-order chi connectivity index (χ0) is 20.9. The molecule has 1 amide bonds. The molecular weight excluding hydrogens is 378 g/mol. The first kappa shape index (κ1) is 19.8. The van der Waals surface area contributed by atoms with Gasteiger partial charge in [0.15, 0.2) is 5.65 Å². The summed E-state index contributed by atoms with van der Waals surface area (Å²) in [6.45, 7) is 3.09. The van der Waals surface area contributed by atoms with Crippen LogP contribution < -0.4 is 10.6 Å². The molecule has 0 aliphatic heterocycles. The van der Waals surface area contributed by atoms with Gasteiger partial charge in [-0.2, -0.15) is 0 Å². The molecule has 30 heavy (non-hydrogen) atoms. The highest BCUT2D eigenvalue weighted by Crippen LogP contribution is 2.28. The number of rotatable bonds is 7. The molecule has 0 atom stereocenters. The highest BCUT2D eigenvalue weighted by molar-refractivity contribution is 6.08. The van der Waals surface area contributed by atoms with Crippen LogP contribution in [0.25, 0.3) is 16.8 Å². The lowest BCUT2D eigenvalue weighted by atomic mass is 9.99. The molecule has 3 N–H and O–H groups in total. The van der Waals surface area contributed by atoms with Gasteiger partial charge in [0.25, 0.3) is 5.91 Å². The average Bonchev–Trinajstić information content (AvgIpc) is 3.26. The molecule has 2 heterocycles. The SMILES string of the molecule is Cc1c(NC(=O)c2ccc(CNCCO)n3cnnc23)cccc1-c1ccccc1. The number of carbonyl (C=O) groups excluding carboxylic acids is 1. The lowest BCUT2D eigenvalue weighted by Gasteiger charge is -2.14. The molecule has 0 fully saturated rings. The van der Waals surface area contributed by atoms with Crippen LogP contribution in [0.1, 0.15) is 21.6 Å². The molecule has 0 unspecified atom stereocenters. The predicted octanol–water partition coefficient (Wildman–Crippen LogP) is 3.04. The summed E-state index contributed by atoms with van der Waals surface area (Å²) in [5.41, 5.74) is 5.78. The van der Waals surface area contributed by atoms with Crippen LogP contribution in [0.2, 0.25) is 0 Å². The van der Waals surface area contributed by atoms with Crippen LogP contribution in [0.4, 0.5) is 5.69 Å². The molecule has 0 radical (unpaired) electrons. The maximum Gasteiger partial charge on any atom is 0.259 e. The van der Waals surface area contributed by atoms with Crippen LogP contribution in [-0.4, -0.2) is 38.8 Å². The van der Waals surface area contributed by atoms with E-state index in [1.54, 1.807) is 16.8 Å². The molecule has 0 spiro atoms. The van der Waals surface area contributed by atoms with Crippen molar-refractivity contribution >= 4 is 17.2 Å². The number of aromatic nitrogens is 3. The standard InChI is InChI=1S/C23H23N5O2/c1-16-19(17-6-3-2-4-7-17)8-5-9-21(16)26-23(30)20-11-10-18(14-24-12-13-29)28-15-25-27-22(20)28/h2-11,15,24,29H,12-14H2,1H3,(H,26,30). The third-order valence-corrected chi connectivity index (χ3v) is 5.05. The van der Waals surface area contributed by atoms with Crippen LogP contribution in [0.3, 0.4) is 0 Å². The minimum atomic E-state index is -0.240. The Bertz CT molecular complexity index is 1170. The molecule has 152 valence electrons. The van der Waals surface area contributed by atoms with Crippen molar-refractivity contribution in [2.24, 2.45) is 0 Å². The molecular formula is C23H23N5O2. The van der Waals surface area contributed by atoms with Crippen molar-refractivity contribution in [2.45, 2.75) is 13.5 Å². The van der Waals surface area contributed by atoms with Gasteiger partial charge in [-0.3, -0.25) is 9.20 Å². The number of anilines is 1. The zero-order valence-electron chi connectivity index (χ0n) is 16.7. The van der Waals surface area contributed by atoms with E-state index >= 15 is 0 Å². The number of hydrogen-bond donors (Lipinski definition) is 3. The number of nitrogens with one attached hydrogen (secondary N) is 2. The smallest absolute Gasteiger partial charge is 0.259 e. The molecule has 0 aliphatic carbocycles. The van der Waals surface area contributed by atoms with Crippen molar-refractivity contribution in [3.05, 3.63) is 83.8 Å². The molecule has 4 aromatic rings. The number of nitrogens with zero attached hydrogens (tertiary/aromatic N) is 3. The molecule has 2 aromatic carbocycles. The van der Waals surface area contributed by atoms with Gasteiger partial charge in [-0.15, -0.1) is 10.2 Å². The quantitative estimate of drug-likeness (QED) is 0.414. The second-order valence-electron chi connectivity index (χ2n) is 6.96. The highest BCUT2D eigenvalue weighted by atomic mass is 16.3. The van der Waals surface area contributed by atoms with Gasteiger partial charge in [0.1, 0.15) is 6.33 Å². The van der Waals surface area contributed by atoms with E-state index in [1.807, 2.05) is 49.4 Å². The van der Waals surface area contributed by atoms with E-state index in [-0.39, 0.29) is 12.5 Å². The fourth-order valence-electron chi connectivity index (χ4n) is 3.47. The molecule has 0 saturated carbocycles. The van der Waals surface area contributed by atoms with Gasteiger partial charge in [0.2, 0.25) is 0 Å². The maximum atomic E-state index is 13.1. The number of pyridine rings is 1. The van der Waals surface area contributed by atoms with E-state index in [2.05, 4.69) is 33.0 Å². The van der Waals surface area contributed by atoms with E-state index in [1.165, 1.54) is 0 Å². The van der Waals surface area contributed by atoms with Crippen molar-refractivity contribution in [2.75, 3.05) is 18.5 Å². The molecule has 2 aromatic heterocycles. The fourth-order valence-corrected chi connectivity index (χ4v) is 3.47. The Kier molecular flexibility index (Phi) is 5.83. The van der Waals surface area contributed by atoms with Crippen LogP contribution in [0.15, 0.2) is 67.0 Å². The number of carbonyl (C=O) groups is 1. The van der Waals surface area contributed by atoms with Crippen LogP contribution in [-0.2, 0) is 6.54 Å². The third kappa shape index (κ3) is 3.94. The Hall–Kier alpha value is -3.55. The summed E-state index contributed by atoms with van der Waals surface area (Å²) in [5.74, 6) is -0.240. The largest absolute Gasteiger partial charge is 0.395 e. The van der Waals surface area contributed by atoms with Crippen molar-refractivity contribution in [1.29, 1.82) is 0 Å². The Labute approximate surface area is 174 Å². The van der Waals surface area contributed by atoms with E-state index < -0.39 is 0 Å². The van der Waals surface area contributed by atoms with E-state index in [4.69, 9.17) is 5.11 Å². The van der Waals surface area contributed by atoms with Gasteiger partial charge in [-0.25, -0.2) is 0 Å². The summed E-state index contributed by atoms with van der Waals surface area (Å²) in [5, 5.41) is 23.2. The van der Waals surface area contributed by atoms with Gasteiger partial charge >= 0.3 is 0 Å². The molecule has 0 saturated heterocycles. The first-order chi connectivity index (χ1) is 14.7. The molecule has 0 aliphatic rings. The van der Waals surface area contributed by atoms with E-state index in [0.717, 1.165) is 28.1 Å². The zero-order valence-corrected chi connectivity index (χ0v) is 16.7. The summed E-state index contributed by atoms with van der Waals surface area (Å²) in [6, 6.07) is 19.6. The van der Waals surface area contributed by atoms with Gasteiger partial charge in [-0.05, 0) is 41.8 Å². The number of hydrogen-bond acceptors (Lipinski definition) is 5. The molecule has 0 bridgehead atoms.